The van der Waals surface area contributed by atoms with Crippen LogP contribution in [0, 0.1) is 34.6 Å². The monoisotopic (exact) mass is 532 g/mol. The second-order valence-electron chi connectivity index (χ2n) is 8.43. The zero-order chi connectivity index (χ0) is 26.7. The number of nitro groups is 1. The van der Waals surface area contributed by atoms with E-state index in [0.717, 1.165) is 16.4 Å². The maximum Gasteiger partial charge on any atom is 0.306 e. The number of aryl methyl sites for hydroxylation is 1. The number of piperidine rings is 1. The van der Waals surface area contributed by atoms with Gasteiger partial charge in [-0.1, -0.05) is 23.4 Å². The van der Waals surface area contributed by atoms with Crippen LogP contribution in [0.3, 0.4) is 0 Å². The quantitative estimate of drug-likeness (QED) is 0.352. The number of benzene rings is 2. The Hall–Kier alpha value is -3.97. The van der Waals surface area contributed by atoms with Gasteiger partial charge in [0.05, 0.1) is 10.8 Å². The van der Waals surface area contributed by atoms with Gasteiger partial charge in [0.25, 0.3) is 0 Å². The van der Waals surface area contributed by atoms with Gasteiger partial charge in [-0.25, -0.2) is 12.8 Å². The minimum atomic E-state index is -4.14. The number of amides is 1. The molecule has 4 rings (SSSR count). The summed E-state index contributed by atoms with van der Waals surface area (Å²) in [6, 6.07) is 8.91. The zero-order valence-corrected chi connectivity index (χ0v) is 20.4. The lowest BCUT2D eigenvalue weighted by atomic mass is 9.98. The number of carbonyl (C=O) groups excluding carboxylic acids is 1. The largest absolute Gasteiger partial charge is 0.355 e. The number of anilines is 1. The summed E-state index contributed by atoms with van der Waals surface area (Å²) in [5.41, 5.74) is -0.424. The summed E-state index contributed by atoms with van der Waals surface area (Å²) in [4.78, 5) is 22.7. The molecule has 1 aliphatic heterocycles. The first kappa shape index (κ1) is 26.1. The Kier molecular flexibility index (Phi) is 7.45. The van der Waals surface area contributed by atoms with E-state index in [0.29, 0.717) is 12.8 Å². The zero-order valence-electron chi connectivity index (χ0n) is 19.6. The van der Waals surface area contributed by atoms with Gasteiger partial charge in [-0.2, -0.15) is 8.70 Å². The molecule has 1 aromatic heterocycles. The van der Waals surface area contributed by atoms with Gasteiger partial charge in [0.1, 0.15) is 11.5 Å². The van der Waals surface area contributed by atoms with Gasteiger partial charge < -0.3 is 9.84 Å². The van der Waals surface area contributed by atoms with Crippen LogP contribution in [-0.2, 0) is 14.8 Å². The van der Waals surface area contributed by atoms with Gasteiger partial charge in [0, 0.05) is 30.4 Å². The van der Waals surface area contributed by atoms with Crippen LogP contribution >= 0.6 is 0 Å². The number of halogens is 2. The molecular formula is C24H22F2N4O6S. The Balaban J connectivity index is 1.53. The van der Waals surface area contributed by atoms with Crippen LogP contribution in [0.5, 0.6) is 0 Å². The lowest BCUT2D eigenvalue weighted by Crippen LogP contribution is -2.43. The van der Waals surface area contributed by atoms with E-state index in [2.05, 4.69) is 10.5 Å². The van der Waals surface area contributed by atoms with E-state index >= 15 is 0 Å². The molecule has 0 saturated carbocycles. The molecule has 37 heavy (non-hydrogen) atoms. The standard InChI is InChI=1S/C24H22F2N4O6S/c1-15-23(22(36-28-15)11-8-16-5-2-3-7-19(16)25)37(34,35)29-12-4-6-17(14-29)24(31)27-18-9-10-20(26)21(13-18)30(32)33/h2-3,5,7-11,13,17H,4,6,12,14H2,1H3,(H,27,31)/b11-8+/t17-/m1/s1. The van der Waals surface area contributed by atoms with Crippen molar-refractivity contribution >= 4 is 39.5 Å². The van der Waals surface area contributed by atoms with Crippen molar-refractivity contribution in [3.63, 3.8) is 0 Å². The van der Waals surface area contributed by atoms with Crippen LogP contribution in [-0.4, -0.2) is 41.8 Å². The van der Waals surface area contributed by atoms with Crippen LogP contribution in [0.1, 0.15) is 29.9 Å². The summed E-state index contributed by atoms with van der Waals surface area (Å²) in [5, 5.41) is 17.2. The fourth-order valence-electron chi connectivity index (χ4n) is 4.05. The van der Waals surface area contributed by atoms with Gasteiger partial charge in [-0.05, 0) is 50.1 Å². The molecule has 3 aromatic rings. The SMILES string of the molecule is Cc1noc(/C=C/c2ccccc2F)c1S(=O)(=O)N1CCC[C@@H](C(=O)Nc2ccc(F)c([N+](=O)[O-])c2)C1. The highest BCUT2D eigenvalue weighted by atomic mass is 32.2. The predicted octanol–water partition coefficient (Wildman–Crippen LogP) is 4.38. The van der Waals surface area contributed by atoms with Crippen molar-refractivity contribution in [3.05, 3.63) is 81.2 Å². The lowest BCUT2D eigenvalue weighted by Gasteiger charge is -2.31. The molecule has 2 aromatic carbocycles. The third-order valence-corrected chi connectivity index (χ3v) is 7.94. The fraction of sp³-hybridized carbons (Fsp3) is 0.250. The molecule has 1 N–H and O–H groups in total. The molecule has 1 aliphatic rings. The van der Waals surface area contributed by atoms with Crippen LogP contribution in [0.2, 0.25) is 0 Å². The predicted molar refractivity (Wildman–Crippen MR) is 130 cm³/mol. The Morgan fingerprint density at radius 3 is 2.70 bits per heavy atom. The molecule has 0 aliphatic carbocycles. The third kappa shape index (κ3) is 5.57. The first-order valence-corrected chi connectivity index (χ1v) is 12.7. The number of aromatic nitrogens is 1. The average molecular weight is 533 g/mol. The molecule has 1 amide bonds. The van der Waals surface area contributed by atoms with Crippen molar-refractivity contribution in [1.29, 1.82) is 0 Å². The number of sulfonamides is 1. The van der Waals surface area contributed by atoms with Crippen molar-refractivity contribution in [2.75, 3.05) is 18.4 Å². The highest BCUT2D eigenvalue weighted by molar-refractivity contribution is 7.89. The van der Waals surface area contributed by atoms with Crippen LogP contribution in [0.25, 0.3) is 12.2 Å². The van der Waals surface area contributed by atoms with Gasteiger partial charge in [-0.15, -0.1) is 0 Å². The third-order valence-electron chi connectivity index (χ3n) is 5.92. The maximum atomic E-state index is 14.0. The van der Waals surface area contributed by atoms with Crippen LogP contribution in [0.15, 0.2) is 51.9 Å². The highest BCUT2D eigenvalue weighted by Crippen LogP contribution is 2.30. The summed E-state index contributed by atoms with van der Waals surface area (Å²) >= 11 is 0. The van der Waals surface area contributed by atoms with Gasteiger partial charge >= 0.3 is 5.69 Å². The summed E-state index contributed by atoms with van der Waals surface area (Å²) in [6.45, 7) is 1.46. The number of nitrogens with zero attached hydrogens (tertiary/aromatic N) is 3. The van der Waals surface area contributed by atoms with Crippen LogP contribution in [0.4, 0.5) is 20.2 Å². The molecule has 194 valence electrons. The van der Waals surface area contributed by atoms with Crippen molar-refractivity contribution < 1.29 is 31.4 Å². The van der Waals surface area contributed by atoms with Gasteiger partial charge in [0.15, 0.2) is 10.7 Å². The fourth-order valence-corrected chi connectivity index (χ4v) is 5.83. The number of nitrogens with one attached hydrogen (secondary N) is 1. The number of hydrogen-bond donors (Lipinski definition) is 1. The van der Waals surface area contributed by atoms with Gasteiger partial charge in [0.2, 0.25) is 21.7 Å². The Morgan fingerprint density at radius 1 is 1.22 bits per heavy atom. The van der Waals surface area contributed by atoms with E-state index < -0.39 is 44.1 Å². The number of rotatable bonds is 7. The van der Waals surface area contributed by atoms with E-state index in [1.54, 1.807) is 6.07 Å². The minimum Gasteiger partial charge on any atom is -0.355 e. The average Bonchev–Trinajstić information content (AvgIpc) is 3.25. The minimum absolute atomic E-state index is 0.0218. The topological polar surface area (TPSA) is 136 Å². The van der Waals surface area contributed by atoms with E-state index in [-0.39, 0.29) is 40.7 Å². The second kappa shape index (κ2) is 10.6. The molecular weight excluding hydrogens is 510 g/mol. The Labute approximate surface area is 210 Å². The molecule has 0 spiro atoms. The van der Waals surface area contributed by atoms with Crippen molar-refractivity contribution in [3.8, 4) is 0 Å². The molecule has 13 heteroatoms. The normalized spacial score (nSPS) is 16.7. The maximum absolute atomic E-state index is 14.0. The van der Waals surface area contributed by atoms with E-state index in [4.69, 9.17) is 4.52 Å². The lowest BCUT2D eigenvalue weighted by molar-refractivity contribution is -0.387. The molecule has 0 unspecified atom stereocenters. The second-order valence-corrected chi connectivity index (χ2v) is 10.3. The number of nitro benzene ring substituents is 1. The summed E-state index contributed by atoms with van der Waals surface area (Å²) < 4.78 is 61.0. The smallest absolute Gasteiger partial charge is 0.306 e. The van der Waals surface area contributed by atoms with Crippen molar-refractivity contribution in [2.24, 2.45) is 5.92 Å². The van der Waals surface area contributed by atoms with Crippen LogP contribution < -0.4 is 5.32 Å². The molecule has 0 bridgehead atoms. The Bertz CT molecular complexity index is 1490. The number of hydrogen-bond acceptors (Lipinski definition) is 7. The number of carbonyl (C=O) groups is 1. The molecule has 1 fully saturated rings. The molecule has 2 heterocycles. The molecule has 0 radical (unpaired) electrons. The molecule has 1 atom stereocenters. The Morgan fingerprint density at radius 2 is 1.97 bits per heavy atom. The first-order chi connectivity index (χ1) is 17.6. The van der Waals surface area contributed by atoms with E-state index in [9.17, 15) is 32.1 Å². The van der Waals surface area contributed by atoms with Crippen molar-refractivity contribution in [2.45, 2.75) is 24.7 Å². The first-order valence-electron chi connectivity index (χ1n) is 11.2. The summed E-state index contributed by atoms with van der Waals surface area (Å²) in [6.07, 6.45) is 3.46. The highest BCUT2D eigenvalue weighted by Gasteiger charge is 2.37. The van der Waals surface area contributed by atoms with E-state index in [1.807, 2.05) is 0 Å². The van der Waals surface area contributed by atoms with Gasteiger partial charge in [-0.3, -0.25) is 14.9 Å². The van der Waals surface area contributed by atoms with E-state index in [1.165, 1.54) is 43.3 Å². The molecule has 1 saturated heterocycles. The molecule has 10 nitrogen and oxygen atoms in total. The summed E-state index contributed by atoms with van der Waals surface area (Å²) in [7, 11) is -4.14. The van der Waals surface area contributed by atoms with Crippen molar-refractivity contribution in [1.82, 2.24) is 9.46 Å². The summed E-state index contributed by atoms with van der Waals surface area (Å²) in [5.74, 6) is -2.92.